The molecule has 1 aliphatic rings. The normalized spacial score (nSPS) is 24.0. The summed E-state index contributed by atoms with van der Waals surface area (Å²) in [5.41, 5.74) is 1.33. The Balaban J connectivity index is 2.16. The van der Waals surface area contributed by atoms with Crippen LogP contribution in [0.5, 0.6) is 0 Å². The number of likely N-dealkylation sites (tertiary alicyclic amines) is 1. The minimum absolute atomic E-state index is 0.135. The van der Waals surface area contributed by atoms with E-state index in [-0.39, 0.29) is 11.2 Å². The average molecular weight is 310 g/mol. The van der Waals surface area contributed by atoms with E-state index in [4.69, 9.17) is 4.43 Å². The lowest BCUT2D eigenvalue weighted by Gasteiger charge is -2.32. The molecule has 1 heterocycles. The zero-order chi connectivity index (χ0) is 15.6. The second kappa shape index (κ2) is 6.59. The summed E-state index contributed by atoms with van der Waals surface area (Å²) in [6.07, 6.45) is 0. The van der Waals surface area contributed by atoms with Gasteiger partial charge in [0.25, 0.3) is 0 Å². The van der Waals surface area contributed by atoms with Crippen LogP contribution >= 0.6 is 0 Å². The molecule has 0 amide bonds. The van der Waals surface area contributed by atoms with E-state index in [1.807, 2.05) is 6.07 Å². The lowest BCUT2D eigenvalue weighted by molar-refractivity contribution is 0.136. The molecule has 0 aromatic heterocycles. The molecule has 0 unspecified atom stereocenters. The van der Waals surface area contributed by atoms with E-state index < -0.39 is 9.04 Å². The van der Waals surface area contributed by atoms with Crippen molar-refractivity contribution in [3.8, 4) is 0 Å². The van der Waals surface area contributed by atoms with Gasteiger partial charge in [0.15, 0.2) is 9.04 Å². The monoisotopic (exact) mass is 309 g/mol. The van der Waals surface area contributed by atoms with Gasteiger partial charge in [0.05, 0.1) is 6.73 Å². The Morgan fingerprint density at radius 2 is 2.00 bits per heavy atom. The number of benzene rings is 1. The number of hydrogen-bond acceptors (Lipinski definition) is 2. The van der Waals surface area contributed by atoms with Crippen LogP contribution < -0.4 is 0 Å². The molecule has 0 spiro atoms. The summed E-state index contributed by atoms with van der Waals surface area (Å²) < 4.78 is 19.4. The molecule has 0 bridgehead atoms. The third-order valence-corrected chi connectivity index (χ3v) is 5.19. The van der Waals surface area contributed by atoms with Crippen LogP contribution in [-0.4, -0.2) is 33.8 Å². The number of rotatable bonds is 4. The zero-order valence-electron chi connectivity index (χ0n) is 13.9. The molecule has 0 saturated carbocycles. The van der Waals surface area contributed by atoms with Crippen LogP contribution in [0.1, 0.15) is 32.3 Å². The maximum Gasteiger partial charge on any atom is 0.172 e. The Kier molecular flexibility index (Phi) is 5.23. The topological polar surface area (TPSA) is 12.5 Å². The molecule has 1 saturated heterocycles. The molecular formula is C17H28FNOSi. The average Bonchev–Trinajstić information content (AvgIpc) is 2.80. The predicted molar refractivity (Wildman–Crippen MR) is 88.5 cm³/mol. The van der Waals surface area contributed by atoms with Crippen molar-refractivity contribution in [1.29, 1.82) is 0 Å². The molecule has 1 aliphatic heterocycles. The molecule has 1 aromatic rings. The van der Waals surface area contributed by atoms with Crippen molar-refractivity contribution in [3.63, 3.8) is 0 Å². The smallest absolute Gasteiger partial charge is 0.172 e. The lowest BCUT2D eigenvalue weighted by Crippen LogP contribution is -2.29. The SMILES string of the molecule is C[SiH](C)OCN1C[C@H](c2cccc(F)c2)[C@H](C(C)(C)C)C1. The molecule has 4 heteroatoms. The van der Waals surface area contributed by atoms with Crippen LogP contribution in [0.25, 0.3) is 0 Å². The maximum absolute atomic E-state index is 13.6. The van der Waals surface area contributed by atoms with Crippen LogP contribution in [0.4, 0.5) is 4.39 Å². The predicted octanol–water partition coefficient (Wildman–Crippen LogP) is 3.84. The largest absolute Gasteiger partial charge is 0.408 e. The molecule has 21 heavy (non-hydrogen) atoms. The fourth-order valence-electron chi connectivity index (χ4n) is 3.20. The third kappa shape index (κ3) is 4.38. The van der Waals surface area contributed by atoms with Crippen LogP contribution in [0.2, 0.25) is 13.1 Å². The first-order valence-electron chi connectivity index (χ1n) is 7.87. The van der Waals surface area contributed by atoms with Crippen LogP contribution in [0.15, 0.2) is 24.3 Å². The Labute approximate surface area is 130 Å². The van der Waals surface area contributed by atoms with Crippen molar-refractivity contribution in [2.75, 3.05) is 19.8 Å². The van der Waals surface area contributed by atoms with Crippen molar-refractivity contribution in [2.45, 2.75) is 39.8 Å². The van der Waals surface area contributed by atoms with Gasteiger partial charge in [-0.25, -0.2) is 4.39 Å². The number of hydrogen-bond donors (Lipinski definition) is 0. The minimum atomic E-state index is -0.993. The lowest BCUT2D eigenvalue weighted by atomic mass is 9.73. The molecule has 1 aromatic carbocycles. The van der Waals surface area contributed by atoms with Crippen molar-refractivity contribution >= 4 is 9.04 Å². The third-order valence-electron chi connectivity index (χ3n) is 4.38. The van der Waals surface area contributed by atoms with Crippen LogP contribution in [0.3, 0.4) is 0 Å². The van der Waals surface area contributed by atoms with Gasteiger partial charge in [-0.05, 0) is 42.1 Å². The standard InChI is InChI=1S/C17H28FNOSi/c1-17(2,3)16-11-19(12-20-21(4)5)10-15(16)13-7-6-8-14(18)9-13/h6-9,15-16,21H,10-12H2,1-5H3/t15-,16-/m1/s1. The molecule has 2 nitrogen and oxygen atoms in total. The van der Waals surface area contributed by atoms with E-state index >= 15 is 0 Å². The highest BCUT2D eigenvalue weighted by atomic mass is 28.3. The summed E-state index contributed by atoms with van der Waals surface area (Å²) in [5.74, 6) is 0.777. The highest BCUT2D eigenvalue weighted by Crippen LogP contribution is 2.43. The fraction of sp³-hybridized carbons (Fsp3) is 0.647. The Morgan fingerprint density at radius 3 is 2.57 bits per heavy atom. The fourth-order valence-corrected chi connectivity index (χ4v) is 3.71. The van der Waals surface area contributed by atoms with E-state index in [2.05, 4.69) is 44.8 Å². The summed E-state index contributed by atoms with van der Waals surface area (Å²) >= 11 is 0. The summed E-state index contributed by atoms with van der Waals surface area (Å²) in [5, 5.41) is 0. The van der Waals surface area contributed by atoms with Crippen molar-refractivity contribution < 1.29 is 8.82 Å². The van der Waals surface area contributed by atoms with E-state index in [1.54, 1.807) is 6.07 Å². The van der Waals surface area contributed by atoms with Gasteiger partial charge in [0.1, 0.15) is 5.82 Å². The van der Waals surface area contributed by atoms with Crippen molar-refractivity contribution in [1.82, 2.24) is 4.90 Å². The first-order valence-corrected chi connectivity index (χ1v) is 10.6. The second-order valence-electron chi connectivity index (χ2n) is 7.51. The molecule has 1 fully saturated rings. The van der Waals surface area contributed by atoms with E-state index in [9.17, 15) is 4.39 Å². The highest BCUT2D eigenvalue weighted by Gasteiger charge is 2.40. The van der Waals surface area contributed by atoms with Gasteiger partial charge >= 0.3 is 0 Å². The highest BCUT2D eigenvalue weighted by molar-refractivity contribution is 6.48. The van der Waals surface area contributed by atoms with Crippen molar-refractivity contribution in [3.05, 3.63) is 35.6 Å². The Bertz CT molecular complexity index is 472. The first-order chi connectivity index (χ1) is 9.77. The molecule has 118 valence electrons. The number of halogens is 1. The van der Waals surface area contributed by atoms with E-state index in [0.29, 0.717) is 11.8 Å². The molecule has 0 N–H and O–H groups in total. The van der Waals surface area contributed by atoms with Gasteiger partial charge in [0.2, 0.25) is 0 Å². The molecular weight excluding hydrogens is 281 g/mol. The van der Waals surface area contributed by atoms with Gasteiger partial charge in [-0.1, -0.05) is 32.9 Å². The molecule has 2 atom stereocenters. The molecule has 0 aliphatic carbocycles. The van der Waals surface area contributed by atoms with Crippen LogP contribution in [0, 0.1) is 17.2 Å². The van der Waals surface area contributed by atoms with Gasteiger partial charge in [0, 0.05) is 19.0 Å². The Hall–Kier alpha value is -0.713. The Morgan fingerprint density at radius 1 is 1.29 bits per heavy atom. The minimum Gasteiger partial charge on any atom is -0.408 e. The van der Waals surface area contributed by atoms with Gasteiger partial charge in [-0.2, -0.15) is 0 Å². The van der Waals surface area contributed by atoms with Crippen molar-refractivity contribution in [2.24, 2.45) is 11.3 Å². The van der Waals surface area contributed by atoms with Gasteiger partial charge < -0.3 is 4.43 Å². The summed E-state index contributed by atoms with van der Waals surface area (Å²) in [7, 11) is -0.993. The van der Waals surface area contributed by atoms with E-state index in [1.165, 1.54) is 6.07 Å². The number of nitrogens with zero attached hydrogens (tertiary/aromatic N) is 1. The van der Waals surface area contributed by atoms with Gasteiger partial charge in [-0.3, -0.25) is 4.90 Å². The first kappa shape index (κ1) is 16.7. The molecule has 2 rings (SSSR count). The quantitative estimate of drug-likeness (QED) is 0.784. The summed E-state index contributed by atoms with van der Waals surface area (Å²) in [6.45, 7) is 14.0. The molecule has 0 radical (unpaired) electrons. The second-order valence-corrected chi connectivity index (χ2v) is 9.95. The van der Waals surface area contributed by atoms with Crippen LogP contribution in [-0.2, 0) is 4.43 Å². The van der Waals surface area contributed by atoms with Gasteiger partial charge in [-0.15, -0.1) is 0 Å². The summed E-state index contributed by atoms with van der Waals surface area (Å²) in [6, 6.07) is 7.11. The maximum atomic E-state index is 13.6. The summed E-state index contributed by atoms with van der Waals surface area (Å²) in [4.78, 5) is 2.39. The van der Waals surface area contributed by atoms with E-state index in [0.717, 1.165) is 25.4 Å². The zero-order valence-corrected chi connectivity index (χ0v) is 15.1.